The van der Waals surface area contributed by atoms with Crippen molar-refractivity contribution in [3.63, 3.8) is 0 Å². The van der Waals surface area contributed by atoms with Gasteiger partial charge in [0, 0.05) is 6.42 Å². The van der Waals surface area contributed by atoms with E-state index in [0.29, 0.717) is 16.9 Å². The predicted molar refractivity (Wildman–Crippen MR) is 130 cm³/mol. The monoisotopic (exact) mass is 519 g/mol. The quantitative estimate of drug-likeness (QED) is 0.389. The number of carboxylic acid groups (broad SMARTS) is 1. The zero-order valence-electron chi connectivity index (χ0n) is 20.4. The molecule has 1 atom stereocenters. The topological polar surface area (TPSA) is 157 Å². The van der Waals surface area contributed by atoms with Crippen LogP contribution in [0.5, 0.6) is 5.75 Å². The van der Waals surface area contributed by atoms with Crippen molar-refractivity contribution >= 4 is 33.7 Å². The minimum Gasteiger partial charge on any atom is -0.497 e. The van der Waals surface area contributed by atoms with Gasteiger partial charge >= 0.3 is 22.1 Å². The summed E-state index contributed by atoms with van der Waals surface area (Å²) in [6.07, 6.45) is -0.382. The molecule has 1 fully saturated rings. The summed E-state index contributed by atoms with van der Waals surface area (Å²) in [6, 6.07) is 12.4. The Morgan fingerprint density at radius 2 is 1.58 bits per heavy atom. The highest BCUT2D eigenvalue weighted by molar-refractivity contribution is 7.91. The first-order chi connectivity index (χ1) is 16.7. The number of aliphatic carboxylic acids is 1. The lowest BCUT2D eigenvalue weighted by atomic mass is 9.91. The van der Waals surface area contributed by atoms with Crippen LogP contribution in [0.15, 0.2) is 48.5 Å². The summed E-state index contributed by atoms with van der Waals surface area (Å²) in [5.74, 6) is -2.63. The molecule has 0 aliphatic carbocycles. The molecule has 0 radical (unpaired) electrons. The van der Waals surface area contributed by atoms with Crippen molar-refractivity contribution in [2.75, 3.05) is 18.0 Å². The van der Waals surface area contributed by atoms with Gasteiger partial charge in [-0.1, -0.05) is 24.3 Å². The van der Waals surface area contributed by atoms with Crippen molar-refractivity contribution in [3.8, 4) is 5.75 Å². The van der Waals surface area contributed by atoms with E-state index >= 15 is 0 Å². The molecule has 0 spiro atoms. The van der Waals surface area contributed by atoms with Gasteiger partial charge in [0.2, 0.25) is 5.54 Å². The number of hydrogen-bond donors (Lipinski definition) is 2. The third kappa shape index (κ3) is 5.60. The summed E-state index contributed by atoms with van der Waals surface area (Å²) in [4.78, 5) is 36.9. The minimum atomic E-state index is -4.15. The molecule has 194 valence electrons. The molecule has 1 heterocycles. The molecule has 0 bridgehead atoms. The molecule has 1 saturated heterocycles. The van der Waals surface area contributed by atoms with E-state index in [1.165, 1.54) is 31.4 Å². The summed E-state index contributed by atoms with van der Waals surface area (Å²) in [5, 5.41) is 9.60. The van der Waals surface area contributed by atoms with E-state index in [4.69, 9.17) is 15.2 Å². The Hall–Kier alpha value is -3.64. The van der Waals surface area contributed by atoms with Gasteiger partial charge in [-0.3, -0.25) is 4.79 Å². The van der Waals surface area contributed by atoms with Gasteiger partial charge in [-0.25, -0.2) is 18.2 Å². The number of anilines is 1. The third-order valence-corrected chi connectivity index (χ3v) is 7.24. The lowest BCUT2D eigenvalue weighted by molar-refractivity contribution is -0.169. The van der Waals surface area contributed by atoms with Crippen LogP contribution >= 0.6 is 0 Å². The van der Waals surface area contributed by atoms with E-state index in [2.05, 4.69) is 0 Å². The molecule has 3 rings (SSSR count). The fourth-order valence-electron chi connectivity index (χ4n) is 3.53. The number of benzene rings is 2. The predicted octanol–water partition coefficient (Wildman–Crippen LogP) is 1.46. The maximum Gasteiger partial charge on any atom is 0.338 e. The summed E-state index contributed by atoms with van der Waals surface area (Å²) in [5.41, 5.74) is 3.83. The highest BCUT2D eigenvalue weighted by Gasteiger charge is 2.46. The number of ether oxygens (including phenoxy) is 2. The third-order valence-electron chi connectivity index (χ3n) is 5.45. The molecule has 1 aliphatic heterocycles. The summed E-state index contributed by atoms with van der Waals surface area (Å²) >= 11 is 0. The van der Waals surface area contributed by atoms with Gasteiger partial charge in [-0.05, 0) is 56.2 Å². The van der Waals surface area contributed by atoms with Gasteiger partial charge in [0.25, 0.3) is 5.91 Å². The van der Waals surface area contributed by atoms with E-state index in [0.717, 1.165) is 8.61 Å². The van der Waals surface area contributed by atoms with Crippen molar-refractivity contribution in [1.29, 1.82) is 0 Å². The molecule has 0 aromatic heterocycles. The van der Waals surface area contributed by atoms with E-state index < -0.39 is 39.2 Å². The second-order valence-corrected chi connectivity index (χ2v) is 11.2. The Labute approximate surface area is 209 Å². The maximum atomic E-state index is 13.1. The van der Waals surface area contributed by atoms with Crippen LogP contribution in [0.2, 0.25) is 0 Å². The van der Waals surface area contributed by atoms with Crippen LogP contribution in [-0.4, -0.2) is 60.5 Å². The largest absolute Gasteiger partial charge is 0.497 e. The SMILES string of the molecule is COc1ccc(CN2C(=O)CN(c3ccc(CC(N)(C(=O)O)C(=O)OC(C)(C)C)cc3)S2(=O)=O)cc1. The lowest BCUT2D eigenvalue weighted by Crippen LogP contribution is -2.58. The Morgan fingerprint density at radius 3 is 2.08 bits per heavy atom. The van der Waals surface area contributed by atoms with Crippen molar-refractivity contribution in [2.45, 2.75) is 44.9 Å². The number of amides is 1. The first-order valence-electron chi connectivity index (χ1n) is 11.0. The molecule has 11 nitrogen and oxygen atoms in total. The van der Waals surface area contributed by atoms with Crippen LogP contribution in [0.25, 0.3) is 0 Å². The fraction of sp³-hybridized carbons (Fsp3) is 0.375. The number of rotatable bonds is 8. The van der Waals surface area contributed by atoms with Crippen LogP contribution in [-0.2, 0) is 42.3 Å². The van der Waals surface area contributed by atoms with E-state index in [9.17, 15) is 27.9 Å². The van der Waals surface area contributed by atoms with E-state index in [-0.39, 0.29) is 25.2 Å². The molecule has 2 aromatic rings. The Morgan fingerprint density at radius 1 is 1.03 bits per heavy atom. The summed E-state index contributed by atoms with van der Waals surface area (Å²) in [7, 11) is -2.63. The maximum absolute atomic E-state index is 13.1. The van der Waals surface area contributed by atoms with Crippen LogP contribution in [0, 0.1) is 0 Å². The Bertz CT molecular complexity index is 1250. The molecule has 1 amide bonds. The molecule has 36 heavy (non-hydrogen) atoms. The van der Waals surface area contributed by atoms with E-state index in [1.54, 1.807) is 45.0 Å². The smallest absolute Gasteiger partial charge is 0.338 e. The number of nitrogens with two attached hydrogens (primary N) is 1. The van der Waals surface area contributed by atoms with Gasteiger partial charge in [0.1, 0.15) is 17.9 Å². The first-order valence-corrected chi connectivity index (χ1v) is 12.4. The van der Waals surface area contributed by atoms with Gasteiger partial charge in [0.15, 0.2) is 0 Å². The number of carbonyl (C=O) groups excluding carboxylic acids is 2. The molecule has 2 aromatic carbocycles. The van der Waals surface area contributed by atoms with Gasteiger partial charge in [-0.2, -0.15) is 8.42 Å². The van der Waals surface area contributed by atoms with Crippen molar-refractivity contribution in [1.82, 2.24) is 4.31 Å². The van der Waals surface area contributed by atoms with Crippen LogP contribution in [0.3, 0.4) is 0 Å². The number of methoxy groups -OCH3 is 1. The summed E-state index contributed by atoms with van der Waals surface area (Å²) in [6.45, 7) is 4.27. The van der Waals surface area contributed by atoms with Gasteiger partial charge in [0.05, 0.1) is 19.3 Å². The molecule has 1 unspecified atom stereocenters. The average molecular weight is 520 g/mol. The fourth-order valence-corrected chi connectivity index (χ4v) is 5.06. The number of carboxylic acids is 1. The van der Waals surface area contributed by atoms with Gasteiger partial charge in [-0.15, -0.1) is 0 Å². The zero-order valence-corrected chi connectivity index (χ0v) is 21.2. The standard InChI is InChI=1S/C24H29N3O8S/c1-23(2,3)35-22(31)24(25,21(29)30)13-16-5-9-18(10-6-16)26-15-20(28)27(36(26,32)33)14-17-7-11-19(34-4)12-8-17/h5-12H,13-15,25H2,1-4H3,(H,29,30). The normalized spacial score (nSPS) is 17.0. The van der Waals surface area contributed by atoms with Crippen molar-refractivity contribution in [2.24, 2.45) is 5.73 Å². The van der Waals surface area contributed by atoms with Crippen LogP contribution in [0.1, 0.15) is 31.9 Å². The summed E-state index contributed by atoms with van der Waals surface area (Å²) < 4.78 is 38.2. The Kier molecular flexibility index (Phi) is 7.32. The number of nitrogens with zero attached hydrogens (tertiary/aromatic N) is 2. The molecule has 12 heteroatoms. The zero-order chi connectivity index (χ0) is 26.9. The van der Waals surface area contributed by atoms with E-state index in [1.807, 2.05) is 0 Å². The first kappa shape index (κ1) is 27.0. The number of carbonyl (C=O) groups is 3. The Balaban J connectivity index is 1.79. The number of esters is 1. The molecular weight excluding hydrogens is 490 g/mol. The highest BCUT2D eigenvalue weighted by atomic mass is 32.2. The molecule has 1 aliphatic rings. The minimum absolute atomic E-state index is 0.135. The molecule has 3 N–H and O–H groups in total. The second kappa shape index (κ2) is 9.78. The highest BCUT2D eigenvalue weighted by Crippen LogP contribution is 2.29. The van der Waals surface area contributed by atoms with Crippen LogP contribution < -0.4 is 14.8 Å². The van der Waals surface area contributed by atoms with Crippen molar-refractivity contribution in [3.05, 3.63) is 59.7 Å². The average Bonchev–Trinajstić information content (AvgIpc) is 3.02. The second-order valence-electron chi connectivity index (χ2n) is 9.38. The van der Waals surface area contributed by atoms with Gasteiger partial charge < -0.3 is 20.3 Å². The molecule has 0 saturated carbocycles. The van der Waals surface area contributed by atoms with Crippen molar-refractivity contribution < 1.29 is 37.4 Å². The molecular formula is C24H29N3O8S. The number of hydrogen-bond acceptors (Lipinski definition) is 8. The van der Waals surface area contributed by atoms with Crippen LogP contribution in [0.4, 0.5) is 5.69 Å². The lowest BCUT2D eigenvalue weighted by Gasteiger charge is -2.28.